The van der Waals surface area contributed by atoms with E-state index in [1.54, 1.807) is 6.26 Å². The largest absolute Gasteiger partial charge is 0.550 e. The topological polar surface area (TPSA) is 157 Å². The van der Waals surface area contributed by atoms with Gasteiger partial charge in [0.15, 0.2) is 18.3 Å². The zero-order valence-electron chi connectivity index (χ0n) is 24.0. The third-order valence-corrected chi connectivity index (χ3v) is 8.71. The Kier molecular flexibility index (Phi) is 19.4. The summed E-state index contributed by atoms with van der Waals surface area (Å²) in [6.45, 7) is 6.12. The summed E-state index contributed by atoms with van der Waals surface area (Å²) in [7, 11) is -0.0462. The number of carboxylic acids is 1. The van der Waals surface area contributed by atoms with Gasteiger partial charge in [-0.05, 0) is 55.3 Å². The van der Waals surface area contributed by atoms with E-state index in [1.807, 2.05) is 11.8 Å². The molecular formula is C25H43NO10S3. The van der Waals surface area contributed by atoms with Crippen LogP contribution in [-0.4, -0.2) is 102 Å². The summed E-state index contributed by atoms with van der Waals surface area (Å²) in [6, 6.07) is -0.498. The molecule has 0 aliphatic carbocycles. The maximum Gasteiger partial charge on any atom is 0.303 e. The number of carbonyl (C=O) groups is 5. The van der Waals surface area contributed by atoms with Crippen molar-refractivity contribution >= 4 is 64.2 Å². The Morgan fingerprint density at radius 1 is 0.872 bits per heavy atom. The summed E-state index contributed by atoms with van der Waals surface area (Å²) in [4.78, 5) is 56.8. The molecule has 0 radical (unpaired) electrons. The molecule has 14 heteroatoms. The maximum atomic E-state index is 12.1. The van der Waals surface area contributed by atoms with Crippen LogP contribution in [0.15, 0.2) is 0 Å². The van der Waals surface area contributed by atoms with Crippen LogP contribution in [0.3, 0.4) is 0 Å². The predicted octanol–water partition coefficient (Wildman–Crippen LogP) is 0.912. The fraction of sp³-hybridized carbons (Fsp3) is 0.800. The number of nitrogens with one attached hydrogen (secondary N) is 1. The second-order valence-electron chi connectivity index (χ2n) is 8.93. The molecule has 7 atom stereocenters. The van der Waals surface area contributed by atoms with Gasteiger partial charge in [-0.25, -0.2) is 0 Å². The van der Waals surface area contributed by atoms with Crippen LogP contribution in [-0.2, 0) is 53.8 Å². The Morgan fingerprint density at radius 3 is 1.85 bits per heavy atom. The number of carboxylic acid groups (broad SMARTS) is 1. The monoisotopic (exact) mass is 613 g/mol. The van der Waals surface area contributed by atoms with Crippen molar-refractivity contribution < 1.29 is 48.0 Å². The molecule has 1 aliphatic rings. The first kappa shape index (κ1) is 37.4. The van der Waals surface area contributed by atoms with Crippen molar-refractivity contribution in [1.82, 2.24) is 5.32 Å². The quantitative estimate of drug-likeness (QED) is 0.128. The fourth-order valence-electron chi connectivity index (χ4n) is 3.96. The van der Waals surface area contributed by atoms with Crippen molar-refractivity contribution in [2.75, 3.05) is 36.0 Å². The molecule has 11 nitrogen and oxygen atoms in total. The van der Waals surface area contributed by atoms with Crippen LogP contribution < -0.4 is 10.4 Å². The number of aliphatic carboxylic acids is 1. The minimum absolute atomic E-state index is 0.0462. The van der Waals surface area contributed by atoms with Gasteiger partial charge in [-0.1, -0.05) is 0 Å². The zero-order valence-corrected chi connectivity index (χ0v) is 26.5. The minimum atomic E-state index is -1.09. The Hall–Kier alpha value is -1.64. The smallest absolute Gasteiger partial charge is 0.303 e. The summed E-state index contributed by atoms with van der Waals surface area (Å²) in [5, 5.41) is 11.8. The molecular weight excluding hydrogens is 570 g/mol. The lowest BCUT2D eigenvalue weighted by atomic mass is 9.94. The molecule has 1 N–H and O–H groups in total. The van der Waals surface area contributed by atoms with Crippen molar-refractivity contribution in [3.8, 4) is 0 Å². The Morgan fingerprint density at radius 2 is 1.38 bits per heavy atom. The fourth-order valence-corrected chi connectivity index (χ4v) is 6.92. The number of hydrogen-bond donors (Lipinski definition) is 1. The highest BCUT2D eigenvalue weighted by Gasteiger charge is 2.54. The number of carbonyl (C=O) groups excluding carboxylic acids is 5. The van der Waals surface area contributed by atoms with Crippen LogP contribution in [0.4, 0.5) is 0 Å². The minimum Gasteiger partial charge on any atom is -0.550 e. The van der Waals surface area contributed by atoms with Gasteiger partial charge in [-0.2, -0.15) is 11.8 Å². The van der Waals surface area contributed by atoms with Crippen molar-refractivity contribution in [3.05, 3.63) is 0 Å². The highest BCUT2D eigenvalue weighted by molar-refractivity contribution is 7.99. The normalized spacial score (nSPS) is 23.7. The number of unbranched alkanes of at least 4 members (excludes halogenated alkanes) is 2. The number of esters is 3. The summed E-state index contributed by atoms with van der Waals surface area (Å²) < 4.78 is 22.9. The lowest BCUT2D eigenvalue weighted by Gasteiger charge is -2.46. The standard InChI is InChI=1S/C23H39NO8S3.C2H4O2/c1-14(25)24-18(13-35(7)12-10-8-9-11-33-5)19-20(29-15(2)26)21(30-16(3)27)22(31-17(4)28)23(32-19)34-6;1-2(3)4/h18-23H,8-13H2,1-7H3;1H3,(H,3,4)/t18-,19+,20-,21-,22+,23+,35?;/m0./s1. The van der Waals surface area contributed by atoms with E-state index in [9.17, 15) is 19.2 Å². The van der Waals surface area contributed by atoms with Gasteiger partial charge in [-0.15, -0.1) is 11.8 Å². The first-order valence-corrected chi connectivity index (χ1v) is 17.1. The number of thioether (sulfide) groups is 2. The van der Waals surface area contributed by atoms with E-state index >= 15 is 0 Å². The van der Waals surface area contributed by atoms with E-state index in [0.29, 0.717) is 5.75 Å². The number of hydrogen-bond acceptors (Lipinski definition) is 12. The third-order valence-electron chi connectivity index (χ3n) is 5.26. The highest BCUT2D eigenvalue weighted by Crippen LogP contribution is 2.34. The predicted molar refractivity (Wildman–Crippen MR) is 152 cm³/mol. The lowest BCUT2D eigenvalue weighted by molar-refractivity contribution is -0.302. The lowest BCUT2D eigenvalue weighted by Crippen LogP contribution is -2.66. The molecule has 0 aromatic carbocycles. The van der Waals surface area contributed by atoms with E-state index in [-0.39, 0.29) is 16.8 Å². The Balaban J connectivity index is 0.00000336. The molecule has 0 aromatic rings. The summed E-state index contributed by atoms with van der Waals surface area (Å²) in [5.41, 5.74) is -0.693. The second-order valence-corrected chi connectivity index (χ2v) is 13.2. The molecule has 0 aromatic heterocycles. The SMILES string of the molecule is CC(=O)[O-].CSCCCCC[S+](C)C[C@H](NC(C)=O)[C@H]1O[C@H](SC)[C@H](OC(C)=O)[C@@H](OC(C)=O)[C@H]1OC(C)=O. The molecule has 0 bridgehead atoms. The van der Waals surface area contributed by atoms with Gasteiger partial charge < -0.3 is 34.2 Å². The molecule has 1 heterocycles. The van der Waals surface area contributed by atoms with Gasteiger partial charge in [0, 0.05) is 33.7 Å². The van der Waals surface area contributed by atoms with E-state index in [0.717, 1.165) is 31.3 Å². The van der Waals surface area contributed by atoms with Crippen LogP contribution >= 0.6 is 23.5 Å². The third kappa shape index (κ3) is 16.3. The van der Waals surface area contributed by atoms with Crippen LogP contribution in [0.2, 0.25) is 0 Å². The van der Waals surface area contributed by atoms with Gasteiger partial charge in [0.2, 0.25) is 5.91 Å². The van der Waals surface area contributed by atoms with Crippen LogP contribution in [0.5, 0.6) is 0 Å². The van der Waals surface area contributed by atoms with E-state index in [2.05, 4.69) is 17.8 Å². The Bertz CT molecular complexity index is 796. The van der Waals surface area contributed by atoms with Gasteiger partial charge in [0.1, 0.15) is 29.1 Å². The van der Waals surface area contributed by atoms with Crippen molar-refractivity contribution in [3.63, 3.8) is 0 Å². The van der Waals surface area contributed by atoms with E-state index in [1.165, 1.54) is 45.9 Å². The van der Waals surface area contributed by atoms with Gasteiger partial charge in [0.25, 0.3) is 0 Å². The van der Waals surface area contributed by atoms with Crippen LogP contribution in [0.1, 0.15) is 53.9 Å². The molecule has 1 fully saturated rings. The number of rotatable bonds is 14. The van der Waals surface area contributed by atoms with Gasteiger partial charge in [-0.3, -0.25) is 19.2 Å². The zero-order chi connectivity index (χ0) is 30.1. The second kappa shape index (κ2) is 20.3. The summed E-state index contributed by atoms with van der Waals surface area (Å²) in [6.07, 6.45) is 5.48. The van der Waals surface area contributed by atoms with Crippen molar-refractivity contribution in [2.24, 2.45) is 0 Å². The molecule has 1 amide bonds. The highest BCUT2D eigenvalue weighted by atomic mass is 32.2. The van der Waals surface area contributed by atoms with Gasteiger partial charge in [0.05, 0.1) is 6.26 Å². The first-order valence-electron chi connectivity index (χ1n) is 12.5. The molecule has 1 unspecified atom stereocenters. The van der Waals surface area contributed by atoms with Crippen LogP contribution in [0, 0.1) is 0 Å². The molecule has 0 saturated carbocycles. The van der Waals surface area contributed by atoms with E-state index in [4.69, 9.17) is 28.8 Å². The summed E-state index contributed by atoms with van der Waals surface area (Å²) >= 11 is 3.12. The van der Waals surface area contributed by atoms with Crippen molar-refractivity contribution in [2.45, 2.75) is 89.8 Å². The van der Waals surface area contributed by atoms with Gasteiger partial charge >= 0.3 is 17.9 Å². The molecule has 1 saturated heterocycles. The van der Waals surface area contributed by atoms with E-state index < -0.39 is 59.8 Å². The molecule has 1 rings (SSSR count). The first-order chi connectivity index (χ1) is 18.2. The molecule has 39 heavy (non-hydrogen) atoms. The molecule has 0 spiro atoms. The number of amides is 1. The maximum absolute atomic E-state index is 12.1. The molecule has 226 valence electrons. The average Bonchev–Trinajstić information content (AvgIpc) is 2.79. The average molecular weight is 614 g/mol. The Labute approximate surface area is 242 Å². The summed E-state index contributed by atoms with van der Waals surface area (Å²) in [5.74, 6) is -0.365. The van der Waals surface area contributed by atoms with Crippen LogP contribution in [0.25, 0.3) is 0 Å². The molecule has 1 aliphatic heterocycles. The number of ether oxygens (including phenoxy) is 4. The van der Waals surface area contributed by atoms with Crippen molar-refractivity contribution in [1.29, 1.82) is 0 Å².